The summed E-state index contributed by atoms with van der Waals surface area (Å²) in [6.07, 6.45) is 2.66. The summed E-state index contributed by atoms with van der Waals surface area (Å²) in [5, 5.41) is 6.66. The molecule has 0 fully saturated rings. The predicted molar refractivity (Wildman–Crippen MR) is 117 cm³/mol. The molecular formula is C20H17BrClN3S. The number of hydrogen-bond donors (Lipinski definition) is 1. The van der Waals surface area contributed by atoms with Gasteiger partial charge in [0.1, 0.15) is 17.0 Å². The van der Waals surface area contributed by atoms with Gasteiger partial charge >= 0.3 is 0 Å². The van der Waals surface area contributed by atoms with E-state index < -0.39 is 0 Å². The van der Waals surface area contributed by atoms with Gasteiger partial charge in [-0.3, -0.25) is 0 Å². The third kappa shape index (κ3) is 3.75. The van der Waals surface area contributed by atoms with Crippen molar-refractivity contribution in [3.8, 4) is 11.1 Å². The van der Waals surface area contributed by atoms with Crippen LogP contribution in [-0.4, -0.2) is 9.97 Å². The zero-order valence-electron chi connectivity index (χ0n) is 14.1. The van der Waals surface area contributed by atoms with Gasteiger partial charge in [-0.25, -0.2) is 9.97 Å². The van der Waals surface area contributed by atoms with Crippen LogP contribution in [0.25, 0.3) is 21.3 Å². The molecule has 2 aromatic carbocycles. The van der Waals surface area contributed by atoms with Crippen molar-refractivity contribution in [2.45, 2.75) is 13.3 Å². The Balaban J connectivity index is 0.00000196. The number of nitrogens with one attached hydrogen (secondary N) is 1. The van der Waals surface area contributed by atoms with Crippen molar-refractivity contribution in [2.75, 3.05) is 5.32 Å². The maximum Gasteiger partial charge on any atom is 0.143 e. The Morgan fingerprint density at radius 2 is 1.73 bits per heavy atom. The highest BCUT2D eigenvalue weighted by molar-refractivity contribution is 9.10. The summed E-state index contributed by atoms with van der Waals surface area (Å²) in [5.74, 6) is 0.841. The first-order valence-electron chi connectivity index (χ1n) is 8.08. The van der Waals surface area contributed by atoms with E-state index in [9.17, 15) is 0 Å². The molecule has 1 N–H and O–H groups in total. The third-order valence-corrected chi connectivity index (χ3v) is 5.57. The van der Waals surface area contributed by atoms with Gasteiger partial charge in [-0.15, -0.1) is 23.7 Å². The van der Waals surface area contributed by atoms with E-state index in [0.29, 0.717) is 0 Å². The molecule has 6 heteroatoms. The van der Waals surface area contributed by atoms with Crippen LogP contribution in [0.3, 0.4) is 0 Å². The van der Waals surface area contributed by atoms with E-state index in [0.717, 1.165) is 43.7 Å². The normalized spacial score (nSPS) is 10.5. The number of benzene rings is 2. The topological polar surface area (TPSA) is 37.8 Å². The third-order valence-electron chi connectivity index (χ3n) is 4.15. The van der Waals surface area contributed by atoms with Crippen LogP contribution >= 0.6 is 39.7 Å². The van der Waals surface area contributed by atoms with Crippen LogP contribution in [0.2, 0.25) is 0 Å². The van der Waals surface area contributed by atoms with Gasteiger partial charge in [-0.1, -0.05) is 47.1 Å². The van der Waals surface area contributed by atoms with E-state index in [1.807, 2.05) is 0 Å². The first kappa shape index (κ1) is 18.8. The van der Waals surface area contributed by atoms with Crippen LogP contribution in [0, 0.1) is 0 Å². The van der Waals surface area contributed by atoms with Crippen molar-refractivity contribution in [2.24, 2.45) is 0 Å². The number of fused-ring (bicyclic) bond motifs is 1. The summed E-state index contributed by atoms with van der Waals surface area (Å²) in [5.41, 5.74) is 4.67. The number of thiophene rings is 1. The molecule has 0 bridgehead atoms. The predicted octanol–water partition coefficient (Wildman–Crippen LogP) is 6.85. The second-order valence-corrected chi connectivity index (χ2v) is 7.51. The Labute approximate surface area is 171 Å². The van der Waals surface area contributed by atoms with Gasteiger partial charge in [0.25, 0.3) is 0 Å². The van der Waals surface area contributed by atoms with E-state index >= 15 is 0 Å². The molecule has 0 radical (unpaired) electrons. The summed E-state index contributed by atoms with van der Waals surface area (Å²) in [6, 6.07) is 16.8. The first-order valence-corrected chi connectivity index (χ1v) is 9.76. The van der Waals surface area contributed by atoms with E-state index in [1.165, 1.54) is 5.56 Å². The molecule has 4 aromatic rings. The molecule has 3 nitrogen and oxygen atoms in total. The second-order valence-electron chi connectivity index (χ2n) is 5.73. The lowest BCUT2D eigenvalue weighted by molar-refractivity contribution is 1.14. The zero-order valence-corrected chi connectivity index (χ0v) is 17.3. The molecule has 4 rings (SSSR count). The minimum atomic E-state index is 0. The van der Waals surface area contributed by atoms with Crippen molar-refractivity contribution in [3.63, 3.8) is 0 Å². The number of aromatic nitrogens is 2. The molecule has 0 aliphatic heterocycles. The van der Waals surface area contributed by atoms with Gasteiger partial charge in [0.2, 0.25) is 0 Å². The molecule has 0 spiro atoms. The maximum atomic E-state index is 4.50. The number of anilines is 2. The smallest absolute Gasteiger partial charge is 0.143 e. The lowest BCUT2D eigenvalue weighted by atomic mass is 10.1. The fourth-order valence-electron chi connectivity index (χ4n) is 2.77. The van der Waals surface area contributed by atoms with Gasteiger partial charge < -0.3 is 5.32 Å². The van der Waals surface area contributed by atoms with Crippen molar-refractivity contribution < 1.29 is 0 Å². The molecule has 2 heterocycles. The van der Waals surface area contributed by atoms with Crippen LogP contribution in [0.15, 0.2) is 64.7 Å². The van der Waals surface area contributed by atoms with Crippen molar-refractivity contribution >= 4 is 61.4 Å². The maximum absolute atomic E-state index is 4.50. The Morgan fingerprint density at radius 3 is 2.42 bits per heavy atom. The Hall–Kier alpha value is -1.95. The molecule has 0 atom stereocenters. The van der Waals surface area contributed by atoms with Gasteiger partial charge in [0, 0.05) is 21.1 Å². The summed E-state index contributed by atoms with van der Waals surface area (Å²) < 4.78 is 1.07. The van der Waals surface area contributed by atoms with Crippen LogP contribution in [0.1, 0.15) is 12.5 Å². The fraction of sp³-hybridized carbons (Fsp3) is 0.100. The monoisotopic (exact) mass is 445 g/mol. The summed E-state index contributed by atoms with van der Waals surface area (Å²) in [4.78, 5) is 9.92. The van der Waals surface area contributed by atoms with E-state index in [-0.39, 0.29) is 12.4 Å². The minimum Gasteiger partial charge on any atom is -0.340 e. The average Bonchev–Trinajstić information content (AvgIpc) is 3.08. The van der Waals surface area contributed by atoms with Crippen LogP contribution in [0.5, 0.6) is 0 Å². The van der Waals surface area contributed by atoms with Gasteiger partial charge in [0.15, 0.2) is 0 Å². The average molecular weight is 447 g/mol. The first-order chi connectivity index (χ1) is 12.2. The summed E-state index contributed by atoms with van der Waals surface area (Å²) >= 11 is 5.14. The molecule has 0 saturated carbocycles. The lowest BCUT2D eigenvalue weighted by Crippen LogP contribution is -1.95. The molecule has 0 aliphatic rings. The Kier molecular flexibility index (Phi) is 5.91. The number of halogens is 2. The van der Waals surface area contributed by atoms with E-state index in [2.05, 4.69) is 92.0 Å². The van der Waals surface area contributed by atoms with Gasteiger partial charge in [-0.05, 0) is 41.8 Å². The van der Waals surface area contributed by atoms with Crippen LogP contribution in [0.4, 0.5) is 11.5 Å². The number of nitrogens with zero attached hydrogens (tertiary/aromatic N) is 2. The van der Waals surface area contributed by atoms with E-state index in [1.54, 1.807) is 17.7 Å². The Bertz CT molecular complexity index is 1010. The molecule has 132 valence electrons. The molecule has 0 saturated heterocycles. The lowest BCUT2D eigenvalue weighted by Gasteiger charge is -2.09. The molecular weight excluding hydrogens is 430 g/mol. The standard InChI is InChI=1S/C20H16BrN3S.ClH/c1-2-13-3-9-16(10-4-13)24-19-18-17(11-25-20(18)23-12-22-19)14-5-7-15(21)8-6-14;/h3-12H,2H2,1H3,(H,22,23,24);1H. The van der Waals surface area contributed by atoms with Crippen LogP contribution < -0.4 is 5.32 Å². The van der Waals surface area contributed by atoms with Crippen molar-refractivity contribution in [3.05, 3.63) is 70.3 Å². The molecule has 2 aromatic heterocycles. The highest BCUT2D eigenvalue weighted by Gasteiger charge is 2.13. The number of hydrogen-bond acceptors (Lipinski definition) is 4. The molecule has 0 unspecified atom stereocenters. The van der Waals surface area contributed by atoms with Crippen LogP contribution in [-0.2, 0) is 6.42 Å². The van der Waals surface area contributed by atoms with Gasteiger partial charge in [0.05, 0.1) is 5.39 Å². The molecule has 0 aliphatic carbocycles. The highest BCUT2D eigenvalue weighted by Crippen LogP contribution is 2.37. The largest absolute Gasteiger partial charge is 0.340 e. The molecule has 26 heavy (non-hydrogen) atoms. The fourth-order valence-corrected chi connectivity index (χ4v) is 3.95. The zero-order chi connectivity index (χ0) is 17.2. The van der Waals surface area contributed by atoms with Crippen molar-refractivity contribution in [1.29, 1.82) is 0 Å². The van der Waals surface area contributed by atoms with Gasteiger partial charge in [-0.2, -0.15) is 0 Å². The number of aryl methyl sites for hydroxylation is 1. The minimum absolute atomic E-state index is 0. The quantitative estimate of drug-likeness (QED) is 0.372. The SMILES string of the molecule is CCc1ccc(Nc2ncnc3scc(-c4ccc(Br)cc4)c23)cc1.Cl. The summed E-state index contributed by atoms with van der Waals surface area (Å²) in [7, 11) is 0. The molecule has 0 amide bonds. The highest BCUT2D eigenvalue weighted by atomic mass is 79.9. The number of rotatable bonds is 4. The Morgan fingerprint density at radius 1 is 1.00 bits per heavy atom. The van der Waals surface area contributed by atoms with Crippen molar-refractivity contribution in [1.82, 2.24) is 9.97 Å². The second kappa shape index (κ2) is 8.16. The summed E-state index contributed by atoms with van der Waals surface area (Å²) in [6.45, 7) is 2.16. The van der Waals surface area contributed by atoms with E-state index in [4.69, 9.17) is 0 Å².